The van der Waals surface area contributed by atoms with E-state index in [0.29, 0.717) is 0 Å². The second-order valence-corrected chi connectivity index (χ2v) is 14.7. The number of hydrogen-bond donors (Lipinski definition) is 0. The summed E-state index contributed by atoms with van der Waals surface area (Å²) >= 11 is 0. The third kappa shape index (κ3) is 7.08. The van der Waals surface area contributed by atoms with Crippen LogP contribution in [0.2, 0.25) is 0 Å². The highest BCUT2D eigenvalue weighted by Crippen LogP contribution is 2.41. The highest BCUT2D eigenvalue weighted by molar-refractivity contribution is 5.92. The molecule has 0 saturated carbocycles. The molecule has 0 radical (unpaired) electrons. The Morgan fingerprint density at radius 3 is 1.07 bits per heavy atom. The van der Waals surface area contributed by atoms with Crippen LogP contribution in [0.3, 0.4) is 0 Å². The van der Waals surface area contributed by atoms with Crippen LogP contribution in [0.4, 0.5) is 17.1 Å². The molecule has 0 aliphatic carbocycles. The number of hydrogen-bond acceptors (Lipinski definition) is 3. The first-order chi connectivity index (χ1) is 29.8. The Balaban J connectivity index is 1.02. The van der Waals surface area contributed by atoms with Crippen molar-refractivity contribution in [2.75, 3.05) is 4.90 Å². The van der Waals surface area contributed by atoms with Gasteiger partial charge in [-0.2, -0.15) is 0 Å². The summed E-state index contributed by atoms with van der Waals surface area (Å²) in [4.78, 5) is 2.29. The van der Waals surface area contributed by atoms with Gasteiger partial charge >= 0.3 is 0 Å². The van der Waals surface area contributed by atoms with Gasteiger partial charge in [-0.25, -0.2) is 0 Å². The molecule has 0 amide bonds. The van der Waals surface area contributed by atoms with Gasteiger partial charge in [-0.05, 0) is 81.4 Å². The van der Waals surface area contributed by atoms with Crippen molar-refractivity contribution in [2.45, 2.75) is 0 Å². The molecule has 0 N–H and O–H groups in total. The van der Waals surface area contributed by atoms with Gasteiger partial charge in [0.1, 0.15) is 0 Å². The van der Waals surface area contributed by atoms with E-state index in [4.69, 9.17) is 10.2 Å². The Kier molecular flexibility index (Phi) is 9.92. The Labute approximate surface area is 351 Å². The van der Waals surface area contributed by atoms with E-state index in [-0.39, 0.29) is 0 Å². The molecule has 60 heavy (non-hydrogen) atoms. The number of para-hydroxylation sites is 3. The summed E-state index contributed by atoms with van der Waals surface area (Å²) in [5.74, 6) is 1.57. The summed E-state index contributed by atoms with van der Waals surface area (Å²) in [6.07, 6.45) is 0. The molecule has 0 bridgehead atoms. The molecule has 4 heteroatoms. The van der Waals surface area contributed by atoms with Crippen LogP contribution in [-0.4, -0.2) is 14.8 Å². The average molecular weight is 769 g/mol. The third-order valence-electron chi connectivity index (χ3n) is 11.0. The minimum absolute atomic E-state index is 0.781. The molecule has 0 saturated heterocycles. The lowest BCUT2D eigenvalue weighted by molar-refractivity contribution is 1.07. The fourth-order valence-corrected chi connectivity index (χ4v) is 8.13. The second-order valence-electron chi connectivity index (χ2n) is 14.7. The van der Waals surface area contributed by atoms with Crippen molar-refractivity contribution in [1.82, 2.24) is 14.8 Å². The fourth-order valence-electron chi connectivity index (χ4n) is 8.13. The summed E-state index contributed by atoms with van der Waals surface area (Å²) in [5, 5.41) is 9.65. The molecule has 1 heterocycles. The first-order valence-corrected chi connectivity index (χ1v) is 20.3. The van der Waals surface area contributed by atoms with Gasteiger partial charge in [0, 0.05) is 33.8 Å². The van der Waals surface area contributed by atoms with Crippen molar-refractivity contribution in [2.24, 2.45) is 0 Å². The fraction of sp³-hybridized carbons (Fsp3) is 0. The van der Waals surface area contributed by atoms with Crippen molar-refractivity contribution in [3.05, 3.63) is 243 Å². The molecule has 10 rings (SSSR count). The summed E-state index contributed by atoms with van der Waals surface area (Å²) < 4.78 is 2.20. The molecule has 10 aromatic rings. The average Bonchev–Trinajstić information content (AvgIpc) is 3.78. The van der Waals surface area contributed by atoms with Gasteiger partial charge < -0.3 is 4.90 Å². The van der Waals surface area contributed by atoms with Crippen LogP contribution < -0.4 is 4.90 Å². The maximum Gasteiger partial charge on any atom is 0.168 e. The lowest BCUT2D eigenvalue weighted by Gasteiger charge is -2.25. The molecule has 0 aliphatic rings. The maximum absolute atomic E-state index is 4.85. The van der Waals surface area contributed by atoms with Gasteiger partial charge in [-0.15, -0.1) is 10.2 Å². The number of benzene rings is 9. The van der Waals surface area contributed by atoms with E-state index in [2.05, 4.69) is 228 Å². The lowest BCUT2D eigenvalue weighted by atomic mass is 9.89. The molecule has 0 aliphatic heterocycles. The molecular formula is C56H40N4. The summed E-state index contributed by atoms with van der Waals surface area (Å²) in [5.41, 5.74) is 15.6. The van der Waals surface area contributed by atoms with E-state index >= 15 is 0 Å². The van der Waals surface area contributed by atoms with Crippen molar-refractivity contribution in [3.8, 4) is 73.0 Å². The highest BCUT2D eigenvalue weighted by Gasteiger charge is 2.21. The number of aromatic nitrogens is 3. The largest absolute Gasteiger partial charge is 0.311 e. The van der Waals surface area contributed by atoms with Crippen LogP contribution in [0.5, 0.6) is 0 Å². The Hall–Kier alpha value is -8.08. The minimum atomic E-state index is 0.781. The predicted octanol–water partition coefficient (Wildman–Crippen LogP) is 14.7. The van der Waals surface area contributed by atoms with Crippen molar-refractivity contribution >= 4 is 17.1 Å². The first-order valence-electron chi connectivity index (χ1n) is 20.3. The van der Waals surface area contributed by atoms with E-state index < -0.39 is 0 Å². The molecule has 284 valence electrons. The minimum Gasteiger partial charge on any atom is -0.311 e. The normalized spacial score (nSPS) is 11.0. The number of rotatable bonds is 10. The molecule has 1 aromatic heterocycles. The zero-order valence-electron chi connectivity index (χ0n) is 32.9. The molecular weight excluding hydrogens is 729 g/mol. The molecule has 0 unspecified atom stereocenters. The van der Waals surface area contributed by atoms with Crippen LogP contribution in [0.1, 0.15) is 0 Å². The zero-order chi connectivity index (χ0) is 40.1. The summed E-state index contributed by atoms with van der Waals surface area (Å²) in [7, 11) is 0. The van der Waals surface area contributed by atoms with Gasteiger partial charge in [0.2, 0.25) is 0 Å². The number of nitrogens with zero attached hydrogens (tertiary/aromatic N) is 4. The predicted molar refractivity (Wildman–Crippen MR) is 249 cm³/mol. The van der Waals surface area contributed by atoms with Gasteiger partial charge in [-0.3, -0.25) is 4.57 Å². The van der Waals surface area contributed by atoms with Gasteiger partial charge in [0.25, 0.3) is 0 Å². The van der Waals surface area contributed by atoms with Crippen LogP contribution in [0, 0.1) is 0 Å². The van der Waals surface area contributed by atoms with Crippen LogP contribution in [-0.2, 0) is 0 Å². The Morgan fingerprint density at radius 2 is 0.567 bits per heavy atom. The SMILES string of the molecule is c1ccc(-c2ccccc2-n2c(-c3ccccc3)nnc2-c2ccc(-c3ccccc3-c3ccccc3-c3ccc(N(c4ccccc4)c4ccccc4)cc3)cc2)cc1. The van der Waals surface area contributed by atoms with E-state index in [9.17, 15) is 0 Å². The summed E-state index contributed by atoms with van der Waals surface area (Å²) in [6.45, 7) is 0. The molecule has 0 atom stereocenters. The maximum atomic E-state index is 4.85. The molecule has 0 spiro atoms. The van der Waals surface area contributed by atoms with E-state index in [1.54, 1.807) is 0 Å². The summed E-state index contributed by atoms with van der Waals surface area (Å²) in [6, 6.07) is 85.4. The van der Waals surface area contributed by atoms with E-state index in [0.717, 1.165) is 73.3 Å². The lowest BCUT2D eigenvalue weighted by Crippen LogP contribution is -2.09. The first kappa shape index (κ1) is 36.3. The second kappa shape index (κ2) is 16.4. The smallest absolute Gasteiger partial charge is 0.168 e. The van der Waals surface area contributed by atoms with Gasteiger partial charge in [0.05, 0.1) is 5.69 Å². The van der Waals surface area contributed by atoms with Crippen LogP contribution >= 0.6 is 0 Å². The van der Waals surface area contributed by atoms with Crippen LogP contribution in [0.15, 0.2) is 243 Å². The standard InChI is InChI=1S/C56H40N4/c1-5-19-41(20-6-1)51-29-17-18-32-54(51)60-55(44-21-7-2-8-22-44)57-58-56(60)45-35-33-42(34-36-45)49-27-13-15-30-52(49)53-31-16-14-28-50(53)43-37-39-48(40-38-43)59(46-23-9-3-10-24-46)47-25-11-4-12-26-47/h1-40H. The monoisotopic (exact) mass is 768 g/mol. The van der Waals surface area contributed by atoms with Crippen molar-refractivity contribution in [3.63, 3.8) is 0 Å². The van der Waals surface area contributed by atoms with Crippen molar-refractivity contribution < 1.29 is 0 Å². The quantitative estimate of drug-likeness (QED) is 0.139. The van der Waals surface area contributed by atoms with Gasteiger partial charge in [0.15, 0.2) is 11.6 Å². The number of anilines is 3. The van der Waals surface area contributed by atoms with E-state index in [1.165, 1.54) is 16.7 Å². The Bertz CT molecular complexity index is 2960. The Morgan fingerprint density at radius 1 is 0.250 bits per heavy atom. The highest BCUT2D eigenvalue weighted by atomic mass is 15.3. The molecule has 4 nitrogen and oxygen atoms in total. The van der Waals surface area contributed by atoms with Crippen LogP contribution in [0.25, 0.3) is 73.0 Å². The topological polar surface area (TPSA) is 34.0 Å². The third-order valence-corrected chi connectivity index (χ3v) is 11.0. The molecule has 0 fully saturated rings. The zero-order valence-corrected chi connectivity index (χ0v) is 32.9. The van der Waals surface area contributed by atoms with Gasteiger partial charge in [-0.1, -0.05) is 200 Å². The molecule has 9 aromatic carbocycles. The van der Waals surface area contributed by atoms with E-state index in [1.807, 2.05) is 24.3 Å². The van der Waals surface area contributed by atoms with Crippen molar-refractivity contribution in [1.29, 1.82) is 0 Å².